The van der Waals surface area contributed by atoms with Gasteiger partial charge in [0, 0.05) is 7.11 Å². The topological polar surface area (TPSA) is 44.8 Å². The third-order valence-electron chi connectivity index (χ3n) is 1.08. The van der Waals surface area contributed by atoms with Gasteiger partial charge in [-0.1, -0.05) is 0 Å². The molecule has 0 radical (unpaired) electrons. The zero-order valence-electron chi connectivity index (χ0n) is 5.83. The first-order chi connectivity index (χ1) is 4.83. The van der Waals surface area contributed by atoms with Crippen molar-refractivity contribution in [2.75, 3.05) is 13.9 Å². The number of rotatable bonds is 3. The molecule has 1 rings (SSSR count). The quantitative estimate of drug-likeness (QED) is 0.438. The van der Waals surface area contributed by atoms with Gasteiger partial charge in [-0.15, -0.1) is 0 Å². The van der Waals surface area contributed by atoms with Crippen molar-refractivity contribution in [2.45, 2.75) is 18.9 Å². The molecule has 1 aliphatic rings. The Labute approximate surface area is 59.1 Å². The summed E-state index contributed by atoms with van der Waals surface area (Å²) in [4.78, 5) is 10.5. The maximum atomic E-state index is 10.5. The highest BCUT2D eigenvalue weighted by atomic mass is 16.8. The van der Waals surface area contributed by atoms with Crippen LogP contribution in [0.15, 0.2) is 0 Å². The molecule has 4 nitrogen and oxygen atoms in total. The summed E-state index contributed by atoms with van der Waals surface area (Å²) in [5.41, 5.74) is 0. The van der Waals surface area contributed by atoms with Gasteiger partial charge in [0.15, 0.2) is 6.79 Å². The fraction of sp³-hybridized carbons (Fsp3) is 0.833. The minimum atomic E-state index is -0.635. The molecule has 0 unspecified atom stereocenters. The van der Waals surface area contributed by atoms with E-state index in [4.69, 9.17) is 4.74 Å². The Bertz CT molecular complexity index is 119. The second kappa shape index (κ2) is 3.41. The van der Waals surface area contributed by atoms with Crippen LogP contribution in [0.1, 0.15) is 12.8 Å². The Kier molecular flexibility index (Phi) is 2.50. The summed E-state index contributed by atoms with van der Waals surface area (Å²) in [6.45, 7) is -0.0362. The minimum Gasteiger partial charge on any atom is -0.431 e. The van der Waals surface area contributed by atoms with E-state index in [1.54, 1.807) is 0 Å². The highest BCUT2D eigenvalue weighted by molar-refractivity contribution is 5.60. The third-order valence-corrected chi connectivity index (χ3v) is 1.08. The van der Waals surface area contributed by atoms with Crippen molar-refractivity contribution in [1.82, 2.24) is 0 Å². The average Bonchev–Trinajstić information content (AvgIpc) is 2.67. The molecule has 0 aromatic rings. The standard InChI is InChI=1S/C6H10O4/c1-8-4-9-6(7)10-5-2-3-5/h5H,2-4H2,1H3. The number of methoxy groups -OCH3 is 1. The Morgan fingerprint density at radius 1 is 1.60 bits per heavy atom. The van der Waals surface area contributed by atoms with Gasteiger partial charge in [-0.2, -0.15) is 0 Å². The lowest BCUT2D eigenvalue weighted by atomic mass is 10.8. The highest BCUT2D eigenvalue weighted by Crippen LogP contribution is 2.23. The van der Waals surface area contributed by atoms with Gasteiger partial charge in [-0.25, -0.2) is 4.79 Å². The maximum absolute atomic E-state index is 10.5. The molecular weight excluding hydrogens is 136 g/mol. The van der Waals surface area contributed by atoms with E-state index in [1.165, 1.54) is 7.11 Å². The van der Waals surface area contributed by atoms with Crippen LogP contribution in [-0.2, 0) is 14.2 Å². The van der Waals surface area contributed by atoms with Gasteiger partial charge in [-0.05, 0) is 12.8 Å². The molecule has 1 fully saturated rings. The van der Waals surface area contributed by atoms with Crippen molar-refractivity contribution in [3.63, 3.8) is 0 Å². The number of carbonyl (C=O) groups is 1. The van der Waals surface area contributed by atoms with Gasteiger partial charge >= 0.3 is 6.16 Å². The smallest absolute Gasteiger partial charge is 0.431 e. The van der Waals surface area contributed by atoms with Crippen LogP contribution in [0.3, 0.4) is 0 Å². The van der Waals surface area contributed by atoms with E-state index < -0.39 is 6.16 Å². The molecule has 0 aromatic heterocycles. The number of hydrogen-bond acceptors (Lipinski definition) is 4. The molecule has 0 N–H and O–H groups in total. The Hall–Kier alpha value is -0.770. The molecule has 0 saturated heterocycles. The second-order valence-corrected chi connectivity index (χ2v) is 2.12. The number of carbonyl (C=O) groups excluding carboxylic acids is 1. The summed E-state index contributed by atoms with van der Waals surface area (Å²) in [6, 6.07) is 0. The Morgan fingerprint density at radius 3 is 2.80 bits per heavy atom. The molecule has 0 heterocycles. The van der Waals surface area contributed by atoms with Crippen molar-refractivity contribution in [2.24, 2.45) is 0 Å². The first-order valence-corrected chi connectivity index (χ1v) is 3.15. The van der Waals surface area contributed by atoms with Gasteiger partial charge in [0.2, 0.25) is 0 Å². The maximum Gasteiger partial charge on any atom is 0.510 e. The van der Waals surface area contributed by atoms with Gasteiger partial charge in [0.1, 0.15) is 6.10 Å². The zero-order chi connectivity index (χ0) is 7.40. The molecule has 1 saturated carbocycles. The van der Waals surface area contributed by atoms with Crippen LogP contribution in [0.2, 0.25) is 0 Å². The van der Waals surface area contributed by atoms with Crippen LogP contribution < -0.4 is 0 Å². The van der Waals surface area contributed by atoms with Crippen molar-refractivity contribution in [3.05, 3.63) is 0 Å². The van der Waals surface area contributed by atoms with Gasteiger partial charge < -0.3 is 14.2 Å². The lowest BCUT2D eigenvalue weighted by Crippen LogP contribution is -2.10. The molecule has 0 aromatic carbocycles. The summed E-state index contributed by atoms with van der Waals surface area (Å²) >= 11 is 0. The van der Waals surface area contributed by atoms with Crippen LogP contribution in [0.5, 0.6) is 0 Å². The summed E-state index contributed by atoms with van der Waals surface area (Å²) < 4.78 is 13.7. The van der Waals surface area contributed by atoms with E-state index in [2.05, 4.69) is 9.47 Å². The molecule has 10 heavy (non-hydrogen) atoms. The molecule has 0 amide bonds. The van der Waals surface area contributed by atoms with Gasteiger partial charge in [-0.3, -0.25) is 0 Å². The molecule has 0 spiro atoms. The molecule has 0 aliphatic heterocycles. The lowest BCUT2D eigenvalue weighted by molar-refractivity contribution is -0.0286. The van der Waals surface area contributed by atoms with Crippen LogP contribution in [0, 0.1) is 0 Å². The second-order valence-electron chi connectivity index (χ2n) is 2.12. The van der Waals surface area contributed by atoms with E-state index in [0.717, 1.165) is 12.8 Å². The summed E-state index contributed by atoms with van der Waals surface area (Å²) in [6.07, 6.45) is 1.39. The van der Waals surface area contributed by atoms with E-state index >= 15 is 0 Å². The minimum absolute atomic E-state index is 0.0362. The molecule has 4 heteroatoms. The Balaban J connectivity index is 1.97. The summed E-state index contributed by atoms with van der Waals surface area (Å²) in [5, 5.41) is 0. The molecule has 0 atom stereocenters. The van der Waals surface area contributed by atoms with Crippen molar-refractivity contribution >= 4 is 6.16 Å². The first kappa shape index (κ1) is 7.34. The third kappa shape index (κ3) is 2.68. The highest BCUT2D eigenvalue weighted by Gasteiger charge is 2.26. The molecule has 58 valence electrons. The number of ether oxygens (including phenoxy) is 3. The summed E-state index contributed by atoms with van der Waals surface area (Å²) in [7, 11) is 1.45. The largest absolute Gasteiger partial charge is 0.510 e. The monoisotopic (exact) mass is 146 g/mol. The van der Waals surface area contributed by atoms with Crippen LogP contribution in [0.4, 0.5) is 4.79 Å². The van der Waals surface area contributed by atoms with Crippen LogP contribution in [0.25, 0.3) is 0 Å². The van der Waals surface area contributed by atoms with E-state index in [-0.39, 0.29) is 12.9 Å². The van der Waals surface area contributed by atoms with E-state index in [0.29, 0.717) is 0 Å². The zero-order valence-corrected chi connectivity index (χ0v) is 5.83. The fourth-order valence-corrected chi connectivity index (χ4v) is 0.463. The van der Waals surface area contributed by atoms with Crippen LogP contribution >= 0.6 is 0 Å². The van der Waals surface area contributed by atoms with Crippen molar-refractivity contribution in [3.8, 4) is 0 Å². The first-order valence-electron chi connectivity index (χ1n) is 3.15. The molecule has 1 aliphatic carbocycles. The molecular formula is C6H10O4. The van der Waals surface area contributed by atoms with E-state index in [1.807, 2.05) is 0 Å². The van der Waals surface area contributed by atoms with Crippen molar-refractivity contribution in [1.29, 1.82) is 0 Å². The predicted octanol–water partition coefficient (Wildman–Crippen LogP) is 0.906. The fourth-order valence-electron chi connectivity index (χ4n) is 0.463. The van der Waals surface area contributed by atoms with E-state index in [9.17, 15) is 4.79 Å². The van der Waals surface area contributed by atoms with Gasteiger partial charge in [0.05, 0.1) is 0 Å². The predicted molar refractivity (Wildman–Crippen MR) is 32.5 cm³/mol. The number of hydrogen-bond donors (Lipinski definition) is 0. The summed E-state index contributed by atoms with van der Waals surface area (Å²) in [5.74, 6) is 0. The SMILES string of the molecule is COCOC(=O)OC1CC1. The Morgan fingerprint density at radius 2 is 2.30 bits per heavy atom. The van der Waals surface area contributed by atoms with Crippen LogP contribution in [-0.4, -0.2) is 26.2 Å². The normalized spacial score (nSPS) is 16.5. The lowest BCUT2D eigenvalue weighted by Gasteiger charge is -2.02. The van der Waals surface area contributed by atoms with Crippen molar-refractivity contribution < 1.29 is 19.0 Å². The average molecular weight is 146 g/mol. The molecule has 0 bridgehead atoms. The van der Waals surface area contributed by atoms with Gasteiger partial charge in [0.25, 0.3) is 0 Å².